The van der Waals surface area contributed by atoms with Crippen molar-refractivity contribution in [1.82, 2.24) is 9.88 Å². The normalized spacial score (nSPS) is 22.2. The SMILES string of the molecule is Cc1ccc(N[C@H]2CC[C@@H](N(C(=O)O)C(C)(C)C)CC2)nc1. The van der Waals surface area contributed by atoms with Gasteiger partial charge in [-0.1, -0.05) is 6.07 Å². The number of hydrogen-bond acceptors (Lipinski definition) is 3. The maximum absolute atomic E-state index is 11.6. The van der Waals surface area contributed by atoms with Crippen molar-refractivity contribution in [3.05, 3.63) is 23.9 Å². The Morgan fingerprint density at radius 1 is 1.27 bits per heavy atom. The number of rotatable bonds is 3. The van der Waals surface area contributed by atoms with Crippen LogP contribution in [0.2, 0.25) is 0 Å². The first-order valence-electron chi connectivity index (χ1n) is 7.99. The van der Waals surface area contributed by atoms with Crippen molar-refractivity contribution in [3.8, 4) is 0 Å². The molecule has 2 rings (SSSR count). The lowest BCUT2D eigenvalue weighted by Gasteiger charge is -2.42. The Kier molecular flexibility index (Phi) is 4.94. The van der Waals surface area contributed by atoms with Crippen LogP contribution < -0.4 is 5.32 Å². The molecule has 22 heavy (non-hydrogen) atoms. The molecule has 0 aromatic carbocycles. The first kappa shape index (κ1) is 16.6. The maximum atomic E-state index is 11.6. The predicted octanol–water partition coefficient (Wildman–Crippen LogP) is 3.89. The molecule has 0 atom stereocenters. The highest BCUT2D eigenvalue weighted by Crippen LogP contribution is 2.29. The van der Waals surface area contributed by atoms with E-state index >= 15 is 0 Å². The third-order valence-electron chi connectivity index (χ3n) is 4.25. The molecule has 1 saturated carbocycles. The van der Waals surface area contributed by atoms with Crippen LogP contribution >= 0.6 is 0 Å². The highest BCUT2D eigenvalue weighted by molar-refractivity contribution is 5.66. The third-order valence-corrected chi connectivity index (χ3v) is 4.25. The molecule has 0 radical (unpaired) electrons. The van der Waals surface area contributed by atoms with Gasteiger partial charge in [-0.15, -0.1) is 0 Å². The first-order chi connectivity index (χ1) is 10.3. The van der Waals surface area contributed by atoms with Crippen molar-refractivity contribution in [1.29, 1.82) is 0 Å². The smallest absolute Gasteiger partial charge is 0.407 e. The quantitative estimate of drug-likeness (QED) is 0.889. The summed E-state index contributed by atoms with van der Waals surface area (Å²) in [7, 11) is 0. The summed E-state index contributed by atoms with van der Waals surface area (Å²) in [6.45, 7) is 7.90. The van der Waals surface area contributed by atoms with Gasteiger partial charge in [-0.25, -0.2) is 9.78 Å². The van der Waals surface area contributed by atoms with Crippen molar-refractivity contribution in [2.24, 2.45) is 0 Å². The zero-order valence-electron chi connectivity index (χ0n) is 14.0. The second-order valence-corrected chi connectivity index (χ2v) is 7.19. The van der Waals surface area contributed by atoms with Gasteiger partial charge >= 0.3 is 6.09 Å². The molecule has 5 heteroatoms. The Bertz CT molecular complexity index is 500. The second kappa shape index (κ2) is 6.55. The number of pyridine rings is 1. The van der Waals surface area contributed by atoms with E-state index in [1.807, 2.05) is 46.0 Å². The van der Waals surface area contributed by atoms with Gasteiger partial charge in [-0.05, 0) is 65.0 Å². The van der Waals surface area contributed by atoms with E-state index in [2.05, 4.69) is 10.3 Å². The zero-order valence-corrected chi connectivity index (χ0v) is 14.0. The molecule has 2 N–H and O–H groups in total. The number of carboxylic acid groups (broad SMARTS) is 1. The molecule has 1 aromatic heterocycles. The summed E-state index contributed by atoms with van der Waals surface area (Å²) in [5.41, 5.74) is 0.798. The van der Waals surface area contributed by atoms with Crippen LogP contribution in [0.1, 0.15) is 52.0 Å². The molecule has 1 fully saturated rings. The van der Waals surface area contributed by atoms with Gasteiger partial charge in [-0.3, -0.25) is 0 Å². The number of nitrogens with one attached hydrogen (secondary N) is 1. The molecular weight excluding hydrogens is 278 g/mol. The van der Waals surface area contributed by atoms with E-state index in [0.29, 0.717) is 6.04 Å². The van der Waals surface area contributed by atoms with Crippen LogP contribution in [0.25, 0.3) is 0 Å². The molecule has 0 spiro atoms. The fraction of sp³-hybridized carbons (Fsp3) is 0.647. The third kappa shape index (κ3) is 4.12. The van der Waals surface area contributed by atoms with Crippen molar-refractivity contribution >= 4 is 11.9 Å². The lowest BCUT2D eigenvalue weighted by Crippen LogP contribution is -2.52. The van der Waals surface area contributed by atoms with Gasteiger partial charge in [-0.2, -0.15) is 0 Å². The van der Waals surface area contributed by atoms with Gasteiger partial charge < -0.3 is 15.3 Å². The van der Waals surface area contributed by atoms with Crippen LogP contribution in [-0.4, -0.2) is 38.7 Å². The van der Waals surface area contributed by atoms with Crippen LogP contribution in [-0.2, 0) is 0 Å². The van der Waals surface area contributed by atoms with Gasteiger partial charge in [0.25, 0.3) is 0 Å². The molecule has 1 heterocycles. The van der Waals surface area contributed by atoms with Gasteiger partial charge in [0.15, 0.2) is 0 Å². The van der Waals surface area contributed by atoms with Crippen LogP contribution in [0.4, 0.5) is 10.6 Å². The highest BCUT2D eigenvalue weighted by Gasteiger charge is 2.35. The molecule has 122 valence electrons. The standard InChI is InChI=1S/C17H27N3O2/c1-12-5-10-15(18-11-12)19-13-6-8-14(9-7-13)20(16(21)22)17(2,3)4/h5,10-11,13-14H,6-9H2,1-4H3,(H,18,19)(H,21,22)/t13-,14+. The van der Waals surface area contributed by atoms with E-state index in [4.69, 9.17) is 0 Å². The van der Waals surface area contributed by atoms with Gasteiger partial charge in [0.05, 0.1) is 0 Å². The number of aromatic nitrogens is 1. The van der Waals surface area contributed by atoms with E-state index in [-0.39, 0.29) is 11.6 Å². The Labute approximate surface area is 132 Å². The molecule has 0 aliphatic heterocycles. The fourth-order valence-electron chi connectivity index (χ4n) is 3.23. The van der Waals surface area contributed by atoms with Gasteiger partial charge in [0, 0.05) is 23.8 Å². The predicted molar refractivity (Wildman–Crippen MR) is 88.3 cm³/mol. The zero-order chi connectivity index (χ0) is 16.3. The summed E-state index contributed by atoms with van der Waals surface area (Å²) >= 11 is 0. The van der Waals surface area contributed by atoms with Gasteiger partial charge in [0.1, 0.15) is 5.82 Å². The molecular formula is C17H27N3O2. The second-order valence-electron chi connectivity index (χ2n) is 7.19. The maximum Gasteiger partial charge on any atom is 0.407 e. The number of nitrogens with zero attached hydrogens (tertiary/aromatic N) is 2. The Balaban J connectivity index is 1.92. The Hall–Kier alpha value is -1.78. The largest absolute Gasteiger partial charge is 0.465 e. The van der Waals surface area contributed by atoms with Gasteiger partial charge in [0.2, 0.25) is 0 Å². The minimum absolute atomic E-state index is 0.113. The number of amides is 1. The molecule has 1 aliphatic carbocycles. The van der Waals surface area contributed by atoms with Crippen LogP contribution in [0.3, 0.4) is 0 Å². The van der Waals surface area contributed by atoms with Crippen LogP contribution in [0, 0.1) is 6.92 Å². The highest BCUT2D eigenvalue weighted by atomic mass is 16.4. The molecule has 1 amide bonds. The number of anilines is 1. The van der Waals surface area contributed by atoms with Crippen LogP contribution in [0.15, 0.2) is 18.3 Å². The number of aryl methyl sites for hydroxylation is 1. The lowest BCUT2D eigenvalue weighted by molar-refractivity contribution is 0.0556. The molecule has 0 bridgehead atoms. The van der Waals surface area contributed by atoms with E-state index in [1.165, 1.54) is 0 Å². The molecule has 1 aromatic rings. The van der Waals surface area contributed by atoms with Crippen molar-refractivity contribution in [2.75, 3.05) is 5.32 Å². The summed E-state index contributed by atoms with van der Waals surface area (Å²) in [5, 5.41) is 12.9. The average Bonchev–Trinajstić information content (AvgIpc) is 2.41. The van der Waals surface area contributed by atoms with Crippen molar-refractivity contribution in [2.45, 2.75) is 71.0 Å². The lowest BCUT2D eigenvalue weighted by atomic mass is 9.88. The summed E-state index contributed by atoms with van der Waals surface area (Å²) in [6, 6.07) is 4.54. The minimum Gasteiger partial charge on any atom is -0.465 e. The Morgan fingerprint density at radius 3 is 2.36 bits per heavy atom. The number of carbonyl (C=O) groups is 1. The Morgan fingerprint density at radius 2 is 1.91 bits per heavy atom. The summed E-state index contributed by atoms with van der Waals surface area (Å²) < 4.78 is 0. The first-order valence-corrected chi connectivity index (χ1v) is 7.99. The monoisotopic (exact) mass is 305 g/mol. The minimum atomic E-state index is -0.816. The van der Waals surface area contributed by atoms with E-state index < -0.39 is 6.09 Å². The van der Waals surface area contributed by atoms with E-state index in [1.54, 1.807) is 4.90 Å². The average molecular weight is 305 g/mol. The molecule has 5 nitrogen and oxygen atoms in total. The van der Waals surface area contributed by atoms with E-state index in [9.17, 15) is 9.90 Å². The van der Waals surface area contributed by atoms with E-state index in [0.717, 1.165) is 37.1 Å². The van der Waals surface area contributed by atoms with Crippen molar-refractivity contribution in [3.63, 3.8) is 0 Å². The fourth-order valence-corrected chi connectivity index (χ4v) is 3.23. The summed E-state index contributed by atoms with van der Waals surface area (Å²) in [5.74, 6) is 0.903. The molecule has 0 saturated heterocycles. The topological polar surface area (TPSA) is 65.5 Å². The summed E-state index contributed by atoms with van der Waals surface area (Å²) in [4.78, 5) is 17.5. The van der Waals surface area contributed by atoms with Crippen LogP contribution in [0.5, 0.6) is 0 Å². The molecule has 1 aliphatic rings. The van der Waals surface area contributed by atoms with Crippen molar-refractivity contribution < 1.29 is 9.90 Å². The molecule has 0 unspecified atom stereocenters. The summed E-state index contributed by atoms with van der Waals surface area (Å²) in [6.07, 6.45) is 4.78. The number of hydrogen-bond donors (Lipinski definition) is 2.